The van der Waals surface area contributed by atoms with Crippen LogP contribution < -0.4 is 5.32 Å². The van der Waals surface area contributed by atoms with Gasteiger partial charge in [0.1, 0.15) is 5.82 Å². The SMILES string of the molecule is Cn1ccc(-c2cc(C(=O)Nc3cc(Cc4nnn[nH]4)nn3-c3ccccc3)ccc2C(F)(F)F)n1. The number of tetrazole rings is 1. The van der Waals surface area contributed by atoms with Gasteiger partial charge in [-0.2, -0.15) is 23.4 Å². The number of amides is 1. The van der Waals surface area contributed by atoms with Crippen molar-refractivity contribution in [2.45, 2.75) is 12.6 Å². The Morgan fingerprint density at radius 3 is 2.53 bits per heavy atom. The zero-order valence-electron chi connectivity index (χ0n) is 18.7. The summed E-state index contributed by atoms with van der Waals surface area (Å²) in [6, 6.07) is 15.4. The number of rotatable bonds is 6. The van der Waals surface area contributed by atoms with Gasteiger partial charge in [0.2, 0.25) is 0 Å². The number of carbonyl (C=O) groups is 1. The molecule has 5 rings (SSSR count). The molecule has 5 aromatic rings. The van der Waals surface area contributed by atoms with Gasteiger partial charge in [0.25, 0.3) is 5.91 Å². The lowest BCUT2D eigenvalue weighted by Gasteiger charge is -2.14. The van der Waals surface area contributed by atoms with Gasteiger partial charge in [-0.15, -0.1) is 5.10 Å². The van der Waals surface area contributed by atoms with Gasteiger partial charge >= 0.3 is 6.18 Å². The largest absolute Gasteiger partial charge is 0.417 e. The second-order valence-corrected chi connectivity index (χ2v) is 7.88. The van der Waals surface area contributed by atoms with Crippen LogP contribution in [0.4, 0.5) is 19.0 Å². The first-order valence-electron chi connectivity index (χ1n) is 10.7. The molecule has 0 saturated carbocycles. The molecular weight excluding hydrogens is 475 g/mol. The molecule has 10 nitrogen and oxygen atoms in total. The van der Waals surface area contributed by atoms with Crippen molar-refractivity contribution < 1.29 is 18.0 Å². The summed E-state index contributed by atoms with van der Waals surface area (Å²) in [5.74, 6) is 0.201. The minimum atomic E-state index is -4.61. The molecule has 0 unspecified atom stereocenters. The predicted molar refractivity (Wildman–Crippen MR) is 122 cm³/mol. The molecule has 0 fully saturated rings. The number of alkyl halides is 3. The van der Waals surface area contributed by atoms with Gasteiger partial charge in [-0.25, -0.2) is 9.78 Å². The highest BCUT2D eigenvalue weighted by Gasteiger charge is 2.34. The van der Waals surface area contributed by atoms with E-state index in [9.17, 15) is 18.0 Å². The molecule has 13 heteroatoms. The molecule has 2 aromatic carbocycles. The van der Waals surface area contributed by atoms with E-state index >= 15 is 0 Å². The summed E-state index contributed by atoms with van der Waals surface area (Å²) in [4.78, 5) is 13.2. The summed E-state index contributed by atoms with van der Waals surface area (Å²) in [6.45, 7) is 0. The molecule has 182 valence electrons. The van der Waals surface area contributed by atoms with E-state index in [1.165, 1.54) is 27.7 Å². The summed E-state index contributed by atoms with van der Waals surface area (Å²) < 4.78 is 43.9. The first-order valence-corrected chi connectivity index (χ1v) is 10.7. The number of halogens is 3. The zero-order valence-corrected chi connectivity index (χ0v) is 18.7. The Kier molecular flexibility index (Phi) is 5.80. The number of aromatic nitrogens is 8. The molecule has 0 aliphatic heterocycles. The molecule has 0 spiro atoms. The smallest absolute Gasteiger partial charge is 0.306 e. The second-order valence-electron chi connectivity index (χ2n) is 7.88. The fourth-order valence-corrected chi connectivity index (χ4v) is 3.69. The van der Waals surface area contributed by atoms with E-state index < -0.39 is 17.6 Å². The number of benzene rings is 2. The monoisotopic (exact) mass is 493 g/mol. The third kappa shape index (κ3) is 4.71. The second kappa shape index (κ2) is 9.09. The molecule has 0 atom stereocenters. The minimum Gasteiger partial charge on any atom is -0.306 e. The quantitative estimate of drug-likeness (QED) is 0.373. The highest BCUT2D eigenvalue weighted by atomic mass is 19.4. The predicted octanol–water partition coefficient (Wildman–Crippen LogP) is 3.65. The molecule has 0 bridgehead atoms. The lowest BCUT2D eigenvalue weighted by atomic mass is 10.0. The maximum Gasteiger partial charge on any atom is 0.417 e. The van der Waals surface area contributed by atoms with E-state index in [0.29, 0.717) is 23.0 Å². The van der Waals surface area contributed by atoms with Crippen molar-refractivity contribution in [3.05, 3.63) is 89.5 Å². The van der Waals surface area contributed by atoms with Crippen LogP contribution in [-0.2, 0) is 19.6 Å². The highest BCUT2D eigenvalue weighted by Crippen LogP contribution is 2.37. The summed E-state index contributed by atoms with van der Waals surface area (Å²) >= 11 is 0. The first kappa shape index (κ1) is 23.0. The maximum atomic E-state index is 13.7. The Bertz CT molecular complexity index is 1510. The lowest BCUT2D eigenvalue weighted by molar-refractivity contribution is -0.137. The van der Waals surface area contributed by atoms with Crippen LogP contribution in [0, 0.1) is 0 Å². The number of nitrogens with one attached hydrogen (secondary N) is 2. The van der Waals surface area contributed by atoms with Crippen molar-refractivity contribution in [3.8, 4) is 16.9 Å². The number of nitrogens with zero attached hydrogens (tertiary/aromatic N) is 7. The van der Waals surface area contributed by atoms with E-state index in [4.69, 9.17) is 0 Å². The normalized spacial score (nSPS) is 11.6. The number of hydrogen-bond acceptors (Lipinski definition) is 6. The molecule has 2 N–H and O–H groups in total. The fourth-order valence-electron chi connectivity index (χ4n) is 3.69. The number of carbonyl (C=O) groups excluding carboxylic acids is 1. The van der Waals surface area contributed by atoms with Crippen molar-refractivity contribution in [1.82, 2.24) is 40.2 Å². The maximum absolute atomic E-state index is 13.7. The van der Waals surface area contributed by atoms with Crippen LogP contribution in [0.5, 0.6) is 0 Å². The van der Waals surface area contributed by atoms with Crippen LogP contribution in [0.2, 0.25) is 0 Å². The summed E-state index contributed by atoms with van der Waals surface area (Å²) in [7, 11) is 1.60. The van der Waals surface area contributed by atoms with E-state index in [-0.39, 0.29) is 23.2 Å². The van der Waals surface area contributed by atoms with Gasteiger partial charge in [0.15, 0.2) is 5.82 Å². The molecule has 3 aromatic heterocycles. The molecule has 0 aliphatic rings. The van der Waals surface area contributed by atoms with Crippen molar-refractivity contribution >= 4 is 11.7 Å². The number of aromatic amines is 1. The number of H-pyrrole nitrogens is 1. The molecule has 0 radical (unpaired) electrons. The Hall–Kier alpha value is -4.81. The summed E-state index contributed by atoms with van der Waals surface area (Å²) in [5.41, 5.74) is 0.314. The molecule has 36 heavy (non-hydrogen) atoms. The van der Waals surface area contributed by atoms with Crippen LogP contribution in [0.3, 0.4) is 0 Å². The van der Waals surface area contributed by atoms with Crippen molar-refractivity contribution in [3.63, 3.8) is 0 Å². The van der Waals surface area contributed by atoms with Crippen LogP contribution >= 0.6 is 0 Å². The van der Waals surface area contributed by atoms with Crippen molar-refractivity contribution in [1.29, 1.82) is 0 Å². The standard InChI is InChI=1S/C23H18F3N9O/c1-34-10-9-19(31-34)17-11-14(7-8-18(17)23(24,25)26)22(36)27-21-13-15(12-20-28-32-33-29-20)30-35(21)16-5-3-2-4-6-16/h2-11,13H,12H2,1H3,(H,27,36)(H,28,29,32,33). The molecule has 0 aliphatic carbocycles. The molecule has 0 saturated heterocycles. The van der Waals surface area contributed by atoms with Gasteiger partial charge in [0, 0.05) is 30.4 Å². The molecule has 3 heterocycles. The van der Waals surface area contributed by atoms with E-state index in [1.54, 1.807) is 25.2 Å². The summed E-state index contributed by atoms with van der Waals surface area (Å²) in [5, 5.41) is 25.0. The lowest BCUT2D eigenvalue weighted by Crippen LogP contribution is -2.16. The number of para-hydroxylation sites is 1. The Morgan fingerprint density at radius 2 is 1.86 bits per heavy atom. The van der Waals surface area contributed by atoms with Crippen LogP contribution in [0.25, 0.3) is 16.9 Å². The number of anilines is 1. The van der Waals surface area contributed by atoms with Crippen LogP contribution in [-0.4, -0.2) is 46.1 Å². The van der Waals surface area contributed by atoms with Crippen LogP contribution in [0.1, 0.15) is 27.4 Å². The van der Waals surface area contributed by atoms with Crippen molar-refractivity contribution in [2.24, 2.45) is 7.05 Å². The van der Waals surface area contributed by atoms with E-state index in [1.807, 2.05) is 18.2 Å². The Morgan fingerprint density at radius 1 is 1.06 bits per heavy atom. The number of aryl methyl sites for hydroxylation is 1. The van der Waals surface area contributed by atoms with Gasteiger partial charge in [0.05, 0.1) is 29.1 Å². The van der Waals surface area contributed by atoms with E-state index in [0.717, 1.165) is 12.1 Å². The highest BCUT2D eigenvalue weighted by molar-refractivity contribution is 6.04. The van der Waals surface area contributed by atoms with Gasteiger partial charge < -0.3 is 5.32 Å². The minimum absolute atomic E-state index is 0.0328. The van der Waals surface area contributed by atoms with Crippen LogP contribution in [0.15, 0.2) is 66.9 Å². The average molecular weight is 493 g/mol. The molecular formula is C23H18F3N9O. The number of hydrogen-bond donors (Lipinski definition) is 2. The first-order chi connectivity index (χ1) is 17.3. The third-order valence-electron chi connectivity index (χ3n) is 5.32. The Balaban J connectivity index is 1.50. The average Bonchev–Trinajstić information content (AvgIpc) is 3.61. The van der Waals surface area contributed by atoms with Gasteiger partial charge in [-0.1, -0.05) is 18.2 Å². The van der Waals surface area contributed by atoms with Gasteiger partial charge in [-0.3, -0.25) is 9.48 Å². The third-order valence-corrected chi connectivity index (χ3v) is 5.32. The molecule has 1 amide bonds. The topological polar surface area (TPSA) is 119 Å². The Labute approximate surface area is 201 Å². The zero-order chi connectivity index (χ0) is 25.3. The van der Waals surface area contributed by atoms with Gasteiger partial charge in [-0.05, 0) is 46.8 Å². The van der Waals surface area contributed by atoms with Crippen molar-refractivity contribution in [2.75, 3.05) is 5.32 Å². The fraction of sp³-hybridized carbons (Fsp3) is 0.130. The van der Waals surface area contributed by atoms with E-state index in [2.05, 4.69) is 36.1 Å². The summed E-state index contributed by atoms with van der Waals surface area (Å²) in [6.07, 6.45) is -2.80.